The van der Waals surface area contributed by atoms with Crippen LogP contribution in [0.2, 0.25) is 0 Å². The van der Waals surface area contributed by atoms with Crippen LogP contribution < -0.4 is 14.9 Å². The second-order valence-corrected chi connectivity index (χ2v) is 7.75. The van der Waals surface area contributed by atoms with Gasteiger partial charge in [0.2, 0.25) is 11.2 Å². The number of rotatable bonds is 6. The van der Waals surface area contributed by atoms with E-state index in [0.717, 1.165) is 4.47 Å². The second-order valence-electron chi connectivity index (χ2n) is 6.83. The molecule has 0 saturated heterocycles. The smallest absolute Gasteiger partial charge is 0.343 e. The molecular weight excluding hydrogens is 492 g/mol. The van der Waals surface area contributed by atoms with Crippen molar-refractivity contribution in [2.45, 2.75) is 6.92 Å². The first-order valence-corrected chi connectivity index (χ1v) is 10.7. The van der Waals surface area contributed by atoms with E-state index in [1.165, 1.54) is 24.5 Å². The Morgan fingerprint density at radius 3 is 2.21 bits per heavy atom. The second kappa shape index (κ2) is 9.70. The van der Waals surface area contributed by atoms with Crippen molar-refractivity contribution in [3.05, 3.63) is 98.8 Å². The van der Waals surface area contributed by atoms with Crippen LogP contribution in [0.4, 0.5) is 0 Å². The van der Waals surface area contributed by atoms with E-state index in [1.54, 1.807) is 55.5 Å². The van der Waals surface area contributed by atoms with Crippen molar-refractivity contribution in [2.75, 3.05) is 6.61 Å². The molecule has 0 aliphatic carbocycles. The van der Waals surface area contributed by atoms with Gasteiger partial charge in [0.1, 0.15) is 23.3 Å². The number of esters is 2. The highest BCUT2D eigenvalue weighted by Crippen LogP contribution is 2.25. The Hall–Kier alpha value is -3.91. The third kappa shape index (κ3) is 5.12. The molecule has 0 radical (unpaired) electrons. The molecule has 4 rings (SSSR count). The maximum absolute atomic E-state index is 12.8. The number of carbonyl (C=O) groups is 2. The van der Waals surface area contributed by atoms with E-state index in [9.17, 15) is 14.4 Å². The van der Waals surface area contributed by atoms with E-state index in [0.29, 0.717) is 16.9 Å². The van der Waals surface area contributed by atoms with Crippen LogP contribution in [0, 0.1) is 0 Å². The van der Waals surface area contributed by atoms with E-state index < -0.39 is 17.4 Å². The highest BCUT2D eigenvalue weighted by Gasteiger charge is 2.14. The van der Waals surface area contributed by atoms with Gasteiger partial charge in [0.15, 0.2) is 0 Å². The quantitative estimate of drug-likeness (QED) is 0.242. The minimum Gasteiger partial charge on any atom is -0.462 e. The average Bonchev–Trinajstić information content (AvgIpc) is 2.82. The van der Waals surface area contributed by atoms with Gasteiger partial charge < -0.3 is 18.6 Å². The molecule has 0 spiro atoms. The normalized spacial score (nSPS) is 10.6. The van der Waals surface area contributed by atoms with Crippen LogP contribution in [0.25, 0.3) is 11.0 Å². The third-order valence-corrected chi connectivity index (χ3v) is 5.13. The molecule has 0 saturated carbocycles. The van der Waals surface area contributed by atoms with Gasteiger partial charge in [-0.1, -0.05) is 15.9 Å². The summed E-state index contributed by atoms with van der Waals surface area (Å²) in [5.74, 6) is -0.399. The van der Waals surface area contributed by atoms with Gasteiger partial charge in [0.05, 0.1) is 23.1 Å². The zero-order chi connectivity index (χ0) is 23.4. The van der Waals surface area contributed by atoms with Crippen molar-refractivity contribution in [2.24, 2.45) is 0 Å². The Balaban J connectivity index is 1.52. The molecule has 1 heterocycles. The summed E-state index contributed by atoms with van der Waals surface area (Å²) in [7, 11) is 0. The molecule has 4 aromatic rings. The molecule has 0 atom stereocenters. The van der Waals surface area contributed by atoms with Crippen LogP contribution in [-0.2, 0) is 4.74 Å². The zero-order valence-electron chi connectivity index (χ0n) is 17.4. The summed E-state index contributed by atoms with van der Waals surface area (Å²) in [6.07, 6.45) is 1.18. The number of hydrogen-bond acceptors (Lipinski definition) is 7. The Labute approximate surface area is 196 Å². The van der Waals surface area contributed by atoms with Gasteiger partial charge in [-0.3, -0.25) is 4.79 Å². The van der Waals surface area contributed by atoms with Crippen LogP contribution in [0.15, 0.2) is 86.7 Å². The minimum atomic E-state index is -0.532. The SMILES string of the molecule is CCOC(=O)c1ccc(Oc2coc3cc(OC(=O)c4ccc(Br)cc4)ccc3c2=O)cc1. The molecule has 0 aliphatic rings. The lowest BCUT2D eigenvalue weighted by Gasteiger charge is -2.08. The molecule has 0 bridgehead atoms. The summed E-state index contributed by atoms with van der Waals surface area (Å²) < 4.78 is 22.3. The maximum Gasteiger partial charge on any atom is 0.343 e. The van der Waals surface area contributed by atoms with Crippen molar-refractivity contribution in [3.8, 4) is 17.2 Å². The lowest BCUT2D eigenvalue weighted by atomic mass is 10.2. The third-order valence-electron chi connectivity index (χ3n) is 4.60. The van der Waals surface area contributed by atoms with Gasteiger partial charge in [-0.25, -0.2) is 9.59 Å². The summed E-state index contributed by atoms with van der Waals surface area (Å²) in [5, 5.41) is 0.263. The topological polar surface area (TPSA) is 92.0 Å². The Kier molecular flexibility index (Phi) is 6.55. The highest BCUT2D eigenvalue weighted by molar-refractivity contribution is 9.10. The largest absolute Gasteiger partial charge is 0.462 e. The summed E-state index contributed by atoms with van der Waals surface area (Å²) in [6.45, 7) is 2.00. The number of fused-ring (bicyclic) bond motifs is 1. The predicted molar refractivity (Wildman–Crippen MR) is 124 cm³/mol. The van der Waals surface area contributed by atoms with Gasteiger partial charge in [-0.2, -0.15) is 0 Å². The first-order valence-electron chi connectivity index (χ1n) is 9.93. The average molecular weight is 509 g/mol. The summed E-state index contributed by atoms with van der Waals surface area (Å²) >= 11 is 3.31. The molecule has 0 N–H and O–H groups in total. The molecule has 0 aliphatic heterocycles. The van der Waals surface area contributed by atoms with E-state index in [1.807, 2.05) is 0 Å². The fourth-order valence-corrected chi connectivity index (χ4v) is 3.24. The summed E-state index contributed by atoms with van der Waals surface area (Å²) in [5.41, 5.74) is 0.611. The van der Waals surface area contributed by atoms with Crippen molar-refractivity contribution in [1.82, 2.24) is 0 Å². The van der Waals surface area contributed by atoms with Crippen molar-refractivity contribution >= 4 is 38.8 Å². The standard InChI is InChI=1S/C25H17BrO7/c1-2-30-24(28)15-5-9-18(10-6-15)32-22-14-31-21-13-19(11-12-20(21)23(22)27)33-25(29)16-3-7-17(26)8-4-16/h3-14H,2H2,1H3. The molecule has 3 aromatic carbocycles. The van der Waals surface area contributed by atoms with Crippen molar-refractivity contribution in [1.29, 1.82) is 0 Å². The lowest BCUT2D eigenvalue weighted by molar-refractivity contribution is 0.0526. The van der Waals surface area contributed by atoms with E-state index in [2.05, 4.69) is 15.9 Å². The Bertz CT molecular complexity index is 1370. The minimum absolute atomic E-state index is 0.0222. The number of halogens is 1. The maximum atomic E-state index is 12.8. The van der Waals surface area contributed by atoms with Crippen LogP contribution >= 0.6 is 15.9 Å². The van der Waals surface area contributed by atoms with Gasteiger partial charge in [0, 0.05) is 10.5 Å². The molecule has 1 aromatic heterocycles. The van der Waals surface area contributed by atoms with Crippen LogP contribution in [0.5, 0.6) is 17.2 Å². The van der Waals surface area contributed by atoms with E-state index >= 15 is 0 Å². The Morgan fingerprint density at radius 1 is 0.879 bits per heavy atom. The molecule has 0 fully saturated rings. The Morgan fingerprint density at radius 2 is 1.52 bits per heavy atom. The van der Waals surface area contributed by atoms with E-state index in [-0.39, 0.29) is 29.1 Å². The molecule has 0 unspecified atom stereocenters. The zero-order valence-corrected chi connectivity index (χ0v) is 19.0. The summed E-state index contributed by atoms with van der Waals surface area (Å²) in [4.78, 5) is 36.9. The highest BCUT2D eigenvalue weighted by atomic mass is 79.9. The monoisotopic (exact) mass is 508 g/mol. The van der Waals surface area contributed by atoms with Crippen molar-refractivity contribution < 1.29 is 28.2 Å². The molecule has 166 valence electrons. The fourth-order valence-electron chi connectivity index (χ4n) is 2.98. The number of hydrogen-bond donors (Lipinski definition) is 0. The van der Waals surface area contributed by atoms with Crippen molar-refractivity contribution in [3.63, 3.8) is 0 Å². The van der Waals surface area contributed by atoms with Gasteiger partial charge >= 0.3 is 11.9 Å². The number of ether oxygens (including phenoxy) is 3. The predicted octanol–water partition coefficient (Wildman–Crippen LogP) is 5.74. The van der Waals surface area contributed by atoms with Gasteiger partial charge in [0.25, 0.3) is 0 Å². The lowest BCUT2D eigenvalue weighted by Crippen LogP contribution is -2.09. The molecule has 7 nitrogen and oxygen atoms in total. The first-order chi connectivity index (χ1) is 15.9. The van der Waals surface area contributed by atoms with Gasteiger partial charge in [-0.15, -0.1) is 0 Å². The van der Waals surface area contributed by atoms with Gasteiger partial charge in [-0.05, 0) is 67.6 Å². The number of carbonyl (C=O) groups excluding carboxylic acids is 2. The first kappa shape index (κ1) is 22.3. The van der Waals surface area contributed by atoms with Crippen LogP contribution in [-0.4, -0.2) is 18.5 Å². The molecule has 33 heavy (non-hydrogen) atoms. The molecule has 0 amide bonds. The molecule has 8 heteroatoms. The van der Waals surface area contributed by atoms with Crippen LogP contribution in [0.1, 0.15) is 27.6 Å². The van der Waals surface area contributed by atoms with Crippen LogP contribution in [0.3, 0.4) is 0 Å². The summed E-state index contributed by atoms with van der Waals surface area (Å²) in [6, 6.07) is 17.4. The van der Waals surface area contributed by atoms with E-state index in [4.69, 9.17) is 18.6 Å². The fraction of sp³-hybridized carbons (Fsp3) is 0.0800. The number of benzene rings is 3. The molecular formula is C25H17BrO7.